The van der Waals surface area contributed by atoms with E-state index in [1.54, 1.807) is 0 Å². The zero-order chi connectivity index (χ0) is 12.5. The smallest absolute Gasteiger partial charge is 0.205 e. The predicted molar refractivity (Wildman–Crippen MR) is 71.2 cm³/mol. The van der Waals surface area contributed by atoms with Crippen LogP contribution >= 0.6 is 23.1 Å². The lowest BCUT2D eigenvalue weighted by Gasteiger charge is -2.42. The van der Waals surface area contributed by atoms with E-state index < -0.39 is 0 Å². The fourth-order valence-electron chi connectivity index (χ4n) is 2.04. The second kappa shape index (κ2) is 5.08. The van der Waals surface area contributed by atoms with E-state index in [2.05, 4.69) is 35.0 Å². The average Bonchev–Trinajstić information content (AvgIpc) is 2.75. The van der Waals surface area contributed by atoms with Gasteiger partial charge in [-0.25, -0.2) is 4.98 Å². The van der Waals surface area contributed by atoms with Crippen molar-refractivity contribution < 1.29 is 4.74 Å². The van der Waals surface area contributed by atoms with Crippen molar-refractivity contribution in [3.05, 3.63) is 5.82 Å². The number of aromatic nitrogens is 2. The molecular weight excluding hydrogens is 258 g/mol. The summed E-state index contributed by atoms with van der Waals surface area (Å²) in [7, 11) is 0. The van der Waals surface area contributed by atoms with Crippen molar-refractivity contribution in [2.24, 2.45) is 0 Å². The van der Waals surface area contributed by atoms with Gasteiger partial charge in [0.1, 0.15) is 5.82 Å². The van der Waals surface area contributed by atoms with Crippen molar-refractivity contribution in [1.82, 2.24) is 9.36 Å². The highest BCUT2D eigenvalue weighted by molar-refractivity contribution is 7.09. The quantitative estimate of drug-likeness (QED) is 0.794. The third-order valence-electron chi connectivity index (χ3n) is 2.70. The zero-order valence-corrected chi connectivity index (χ0v) is 12.0. The van der Waals surface area contributed by atoms with Crippen LogP contribution in [0.5, 0.6) is 0 Å². The van der Waals surface area contributed by atoms with Gasteiger partial charge in [-0.1, -0.05) is 6.92 Å². The van der Waals surface area contributed by atoms with Crippen LogP contribution in [0, 0.1) is 0 Å². The van der Waals surface area contributed by atoms with Gasteiger partial charge in [-0.05, 0) is 13.8 Å². The SMILES string of the molecule is CCc1nsc(N2CC(CCl)OC(C)(C)C2)n1. The van der Waals surface area contributed by atoms with E-state index in [0.29, 0.717) is 5.88 Å². The van der Waals surface area contributed by atoms with Crippen LogP contribution in [0.15, 0.2) is 0 Å². The van der Waals surface area contributed by atoms with Crippen LogP contribution in [-0.2, 0) is 11.2 Å². The Morgan fingerprint density at radius 2 is 2.35 bits per heavy atom. The molecule has 1 aliphatic rings. The number of halogens is 1. The van der Waals surface area contributed by atoms with Crippen molar-refractivity contribution in [2.75, 3.05) is 23.9 Å². The van der Waals surface area contributed by atoms with E-state index in [4.69, 9.17) is 16.3 Å². The van der Waals surface area contributed by atoms with E-state index in [9.17, 15) is 0 Å². The molecule has 0 aliphatic carbocycles. The first-order valence-electron chi connectivity index (χ1n) is 5.85. The van der Waals surface area contributed by atoms with Gasteiger partial charge in [0.25, 0.3) is 0 Å². The van der Waals surface area contributed by atoms with Gasteiger partial charge in [0, 0.05) is 31.0 Å². The number of hydrogen-bond acceptors (Lipinski definition) is 5. The number of rotatable bonds is 3. The molecule has 0 N–H and O–H groups in total. The predicted octanol–water partition coefficient (Wildman–Crippen LogP) is 2.32. The summed E-state index contributed by atoms with van der Waals surface area (Å²) in [5, 5.41) is 0.980. The third-order valence-corrected chi connectivity index (χ3v) is 3.86. The molecule has 1 unspecified atom stereocenters. The highest BCUT2D eigenvalue weighted by Gasteiger charge is 2.34. The Labute approximate surface area is 111 Å². The summed E-state index contributed by atoms with van der Waals surface area (Å²) in [5.74, 6) is 1.43. The molecule has 1 aliphatic heterocycles. The largest absolute Gasteiger partial charge is 0.367 e. The highest BCUT2D eigenvalue weighted by atomic mass is 35.5. The Bertz CT molecular complexity index is 383. The Morgan fingerprint density at radius 3 is 2.94 bits per heavy atom. The average molecular weight is 276 g/mol. The first kappa shape index (κ1) is 13.1. The molecule has 2 heterocycles. The molecule has 0 aromatic carbocycles. The monoisotopic (exact) mass is 275 g/mol. The lowest BCUT2D eigenvalue weighted by molar-refractivity contribution is -0.0734. The maximum atomic E-state index is 5.91. The molecule has 6 heteroatoms. The number of aryl methyl sites for hydroxylation is 1. The van der Waals surface area contributed by atoms with E-state index in [0.717, 1.165) is 30.5 Å². The molecule has 1 aromatic heterocycles. The molecule has 1 saturated heterocycles. The van der Waals surface area contributed by atoms with Gasteiger partial charge >= 0.3 is 0 Å². The molecular formula is C11H18ClN3OS. The lowest BCUT2D eigenvalue weighted by Crippen LogP contribution is -2.53. The van der Waals surface area contributed by atoms with Crippen LogP contribution < -0.4 is 4.90 Å². The molecule has 0 radical (unpaired) electrons. The Morgan fingerprint density at radius 1 is 1.59 bits per heavy atom. The Kier molecular flexibility index (Phi) is 3.90. The maximum Gasteiger partial charge on any atom is 0.205 e. The molecule has 0 spiro atoms. The summed E-state index contributed by atoms with van der Waals surface area (Å²) in [6.45, 7) is 7.86. The fourth-order valence-corrected chi connectivity index (χ4v) is 2.96. The molecule has 2 rings (SSSR count). The number of anilines is 1. The molecule has 96 valence electrons. The Hall–Kier alpha value is -0.390. The summed E-state index contributed by atoms with van der Waals surface area (Å²) >= 11 is 7.37. The fraction of sp³-hybridized carbons (Fsp3) is 0.818. The van der Waals surface area contributed by atoms with E-state index in [-0.39, 0.29) is 11.7 Å². The van der Waals surface area contributed by atoms with Gasteiger partial charge in [-0.15, -0.1) is 11.6 Å². The van der Waals surface area contributed by atoms with E-state index in [1.165, 1.54) is 11.5 Å². The molecule has 4 nitrogen and oxygen atoms in total. The summed E-state index contributed by atoms with van der Waals surface area (Å²) in [6.07, 6.45) is 0.942. The number of ether oxygens (including phenoxy) is 1. The van der Waals surface area contributed by atoms with Gasteiger partial charge in [-0.2, -0.15) is 4.37 Å². The number of hydrogen-bond donors (Lipinski definition) is 0. The first-order valence-corrected chi connectivity index (χ1v) is 7.16. The van der Waals surface area contributed by atoms with Gasteiger partial charge in [0.15, 0.2) is 0 Å². The highest BCUT2D eigenvalue weighted by Crippen LogP contribution is 2.27. The molecule has 17 heavy (non-hydrogen) atoms. The second-order valence-electron chi connectivity index (χ2n) is 4.88. The topological polar surface area (TPSA) is 38.2 Å². The molecule has 0 bridgehead atoms. The standard InChI is InChI=1S/C11H18ClN3OS/c1-4-9-13-10(17-14-9)15-6-8(5-12)16-11(2,3)7-15/h8H,4-7H2,1-3H3. The summed E-state index contributed by atoms with van der Waals surface area (Å²) < 4.78 is 10.2. The molecule has 1 aromatic rings. The third kappa shape index (κ3) is 3.09. The van der Waals surface area contributed by atoms with Crippen LogP contribution in [0.1, 0.15) is 26.6 Å². The van der Waals surface area contributed by atoms with Gasteiger partial charge in [-0.3, -0.25) is 0 Å². The summed E-state index contributed by atoms with van der Waals surface area (Å²) in [6, 6.07) is 0. The second-order valence-corrected chi connectivity index (χ2v) is 5.92. The minimum atomic E-state index is -0.185. The van der Waals surface area contributed by atoms with Crippen LogP contribution in [0.25, 0.3) is 0 Å². The molecule has 0 saturated carbocycles. The van der Waals surface area contributed by atoms with Crippen molar-refractivity contribution in [3.63, 3.8) is 0 Å². The maximum absolute atomic E-state index is 5.91. The molecule has 1 atom stereocenters. The van der Waals surface area contributed by atoms with Crippen molar-refractivity contribution in [2.45, 2.75) is 38.9 Å². The van der Waals surface area contributed by atoms with Crippen molar-refractivity contribution in [1.29, 1.82) is 0 Å². The van der Waals surface area contributed by atoms with E-state index >= 15 is 0 Å². The van der Waals surface area contributed by atoms with Gasteiger partial charge in [0.05, 0.1) is 17.6 Å². The van der Waals surface area contributed by atoms with Crippen molar-refractivity contribution in [3.8, 4) is 0 Å². The summed E-state index contributed by atoms with van der Waals surface area (Å²) in [5.41, 5.74) is -0.185. The van der Waals surface area contributed by atoms with Gasteiger partial charge in [0.2, 0.25) is 5.13 Å². The van der Waals surface area contributed by atoms with Crippen LogP contribution in [0.4, 0.5) is 5.13 Å². The van der Waals surface area contributed by atoms with E-state index in [1.807, 2.05) is 0 Å². The zero-order valence-electron chi connectivity index (χ0n) is 10.4. The minimum Gasteiger partial charge on any atom is -0.367 e. The van der Waals surface area contributed by atoms with Crippen LogP contribution in [-0.4, -0.2) is 40.0 Å². The van der Waals surface area contributed by atoms with Crippen LogP contribution in [0.2, 0.25) is 0 Å². The molecule has 1 fully saturated rings. The lowest BCUT2D eigenvalue weighted by atomic mass is 10.1. The Balaban J connectivity index is 2.14. The first-order chi connectivity index (χ1) is 8.04. The van der Waals surface area contributed by atoms with Crippen molar-refractivity contribution >= 4 is 28.3 Å². The van der Waals surface area contributed by atoms with Gasteiger partial charge < -0.3 is 9.64 Å². The summed E-state index contributed by atoms with van der Waals surface area (Å²) in [4.78, 5) is 6.75. The molecule has 0 amide bonds. The van der Waals surface area contributed by atoms with Crippen LogP contribution in [0.3, 0.4) is 0 Å². The number of nitrogens with zero attached hydrogens (tertiary/aromatic N) is 3. The normalized spacial score (nSPS) is 24.0. The minimum absolute atomic E-state index is 0.0643. The number of morpholine rings is 1. The number of alkyl halides is 1.